The third-order valence-corrected chi connectivity index (χ3v) is 4.30. The Bertz CT molecular complexity index is 861. The Morgan fingerprint density at radius 1 is 1.47 bits per heavy atom. The summed E-state index contributed by atoms with van der Waals surface area (Å²) >= 11 is 6.17. The van der Waals surface area contributed by atoms with Gasteiger partial charge in [0.1, 0.15) is 4.88 Å². The summed E-state index contributed by atoms with van der Waals surface area (Å²) in [4.78, 5) is 19.3. The average molecular weight is 290 g/mol. The molecule has 1 aromatic heterocycles. The van der Waals surface area contributed by atoms with Gasteiger partial charge in [-0.05, 0) is 24.2 Å². The summed E-state index contributed by atoms with van der Waals surface area (Å²) in [7, 11) is 0. The van der Waals surface area contributed by atoms with Crippen LogP contribution in [-0.4, -0.2) is 16.0 Å². The first kappa shape index (κ1) is 12.3. The van der Waals surface area contributed by atoms with Crippen LogP contribution in [0.4, 0.5) is 0 Å². The number of carbonyl (C=O) groups excluding carboxylic acids is 1. The molecule has 1 amide bonds. The van der Waals surface area contributed by atoms with Gasteiger partial charge in [0.15, 0.2) is 3.95 Å². The van der Waals surface area contributed by atoms with E-state index in [2.05, 4.69) is 9.98 Å². The lowest BCUT2D eigenvalue weighted by Gasteiger charge is -1.97. The highest BCUT2D eigenvalue weighted by Crippen LogP contribution is 2.29. The van der Waals surface area contributed by atoms with Crippen molar-refractivity contribution < 1.29 is 9.90 Å². The Balaban J connectivity index is 2.43. The maximum absolute atomic E-state index is 12.1. The number of carbonyl (C=O) groups is 1. The van der Waals surface area contributed by atoms with Gasteiger partial charge >= 0.3 is 0 Å². The molecular weight excluding hydrogens is 280 g/mol. The Kier molecular flexibility index (Phi) is 2.83. The van der Waals surface area contributed by atoms with E-state index in [1.54, 1.807) is 0 Å². The van der Waals surface area contributed by atoms with Crippen molar-refractivity contribution in [2.24, 2.45) is 4.99 Å². The molecule has 0 radical (unpaired) electrons. The summed E-state index contributed by atoms with van der Waals surface area (Å²) in [6.45, 7) is 2.02. The molecule has 1 aromatic carbocycles. The van der Waals surface area contributed by atoms with Gasteiger partial charge in [-0.15, -0.1) is 11.3 Å². The van der Waals surface area contributed by atoms with E-state index < -0.39 is 0 Å². The lowest BCUT2D eigenvalue weighted by molar-refractivity contribution is -0.112. The molecule has 1 aliphatic rings. The number of hydrogen-bond acceptors (Lipinski definition) is 4. The monoisotopic (exact) mass is 290 g/mol. The molecule has 2 aromatic rings. The second kappa shape index (κ2) is 4.40. The predicted octanol–water partition coefficient (Wildman–Crippen LogP) is 1.43. The van der Waals surface area contributed by atoms with E-state index in [1.807, 2.05) is 25.1 Å². The number of benzene rings is 1. The van der Waals surface area contributed by atoms with Crippen LogP contribution in [0, 0.1) is 3.95 Å². The standard InChI is InChI=1S/C13H10N2O2S2/c1-2-6-4-3-5-7-8(11(16)14-9(6)7)10-12(17)15-13(18)19-10/h3-5,17H,2H2,1H3,(H,15,18). The highest BCUT2D eigenvalue weighted by Gasteiger charge is 2.23. The number of H-pyrrole nitrogens is 1. The summed E-state index contributed by atoms with van der Waals surface area (Å²) in [6.07, 6.45) is 0.808. The first-order valence-corrected chi connectivity index (χ1v) is 7.02. The Labute approximate surface area is 117 Å². The number of aryl methyl sites for hydroxylation is 1. The highest BCUT2D eigenvalue weighted by atomic mass is 32.1. The summed E-state index contributed by atoms with van der Waals surface area (Å²) in [6, 6.07) is 5.70. The molecule has 4 nitrogen and oxygen atoms in total. The summed E-state index contributed by atoms with van der Waals surface area (Å²) in [5.74, 6) is -0.389. The van der Waals surface area contributed by atoms with E-state index in [-0.39, 0.29) is 11.8 Å². The van der Waals surface area contributed by atoms with Crippen LogP contribution in [0.3, 0.4) is 0 Å². The largest absolute Gasteiger partial charge is 0.494 e. The van der Waals surface area contributed by atoms with E-state index in [4.69, 9.17) is 12.2 Å². The van der Waals surface area contributed by atoms with Gasteiger partial charge in [0.05, 0.1) is 10.9 Å². The number of amides is 1. The van der Waals surface area contributed by atoms with E-state index in [1.165, 1.54) is 11.3 Å². The van der Waals surface area contributed by atoms with Gasteiger partial charge in [0, 0.05) is 5.22 Å². The number of hydrogen-bond donors (Lipinski definition) is 2. The highest BCUT2D eigenvalue weighted by molar-refractivity contribution is 7.73. The zero-order valence-corrected chi connectivity index (χ0v) is 11.7. The molecule has 96 valence electrons. The topological polar surface area (TPSA) is 65.5 Å². The van der Waals surface area contributed by atoms with E-state index in [0.717, 1.165) is 17.2 Å². The van der Waals surface area contributed by atoms with Gasteiger partial charge in [-0.1, -0.05) is 25.1 Å². The van der Waals surface area contributed by atoms with Crippen LogP contribution in [0.2, 0.25) is 0 Å². The lowest BCUT2D eigenvalue weighted by atomic mass is 10.1. The fourth-order valence-corrected chi connectivity index (χ4v) is 3.32. The second-order valence-electron chi connectivity index (χ2n) is 4.15. The molecule has 0 atom stereocenters. The number of rotatable bonds is 2. The summed E-state index contributed by atoms with van der Waals surface area (Å²) < 4.78 is 0.438. The number of para-hydroxylation sites is 1. The van der Waals surface area contributed by atoms with Crippen LogP contribution in [0.1, 0.15) is 17.4 Å². The molecular formula is C13H10N2O2S2. The molecule has 1 aliphatic heterocycles. The van der Waals surface area contributed by atoms with Crippen LogP contribution in [0.25, 0.3) is 5.57 Å². The molecule has 6 heteroatoms. The van der Waals surface area contributed by atoms with Gasteiger partial charge < -0.3 is 10.1 Å². The minimum absolute atomic E-state index is 0.0664. The summed E-state index contributed by atoms with van der Waals surface area (Å²) in [5.41, 5.74) is 1.46. The van der Waals surface area contributed by atoms with Crippen molar-refractivity contribution in [2.45, 2.75) is 13.3 Å². The molecule has 3 rings (SSSR count). The molecule has 19 heavy (non-hydrogen) atoms. The maximum Gasteiger partial charge on any atom is 0.279 e. The van der Waals surface area contributed by atoms with Crippen molar-refractivity contribution in [3.8, 4) is 5.88 Å². The molecule has 0 aliphatic carbocycles. The number of nitrogens with zero attached hydrogens (tertiary/aromatic N) is 1. The number of aromatic nitrogens is 1. The van der Waals surface area contributed by atoms with Gasteiger partial charge in [0.2, 0.25) is 5.88 Å². The van der Waals surface area contributed by atoms with Crippen LogP contribution in [0.15, 0.2) is 23.2 Å². The molecule has 2 N–H and O–H groups in total. The first-order valence-electron chi connectivity index (χ1n) is 5.79. The van der Waals surface area contributed by atoms with Crippen molar-refractivity contribution in [3.63, 3.8) is 0 Å². The minimum atomic E-state index is -0.323. The van der Waals surface area contributed by atoms with E-state index in [0.29, 0.717) is 19.8 Å². The van der Waals surface area contributed by atoms with Gasteiger partial charge in [0.25, 0.3) is 5.91 Å². The van der Waals surface area contributed by atoms with E-state index in [9.17, 15) is 9.90 Å². The zero-order chi connectivity index (χ0) is 13.6. The van der Waals surface area contributed by atoms with Crippen molar-refractivity contribution in [2.75, 3.05) is 0 Å². The minimum Gasteiger partial charge on any atom is -0.494 e. The Morgan fingerprint density at radius 3 is 2.89 bits per heavy atom. The molecule has 0 unspecified atom stereocenters. The number of aromatic amines is 1. The van der Waals surface area contributed by atoms with Crippen molar-refractivity contribution in [1.29, 1.82) is 0 Å². The average Bonchev–Trinajstić information content (AvgIpc) is 2.87. The number of fused-ring (bicyclic) bond motifs is 1. The molecule has 0 fully saturated rings. The SMILES string of the molecule is CCc1cccc2c1=NC(=O)C=2c1sc(=S)[nH]c1O. The Morgan fingerprint density at radius 2 is 2.26 bits per heavy atom. The second-order valence-corrected chi connectivity index (χ2v) is 5.84. The first-order chi connectivity index (χ1) is 9.11. The smallest absolute Gasteiger partial charge is 0.279 e. The van der Waals surface area contributed by atoms with Crippen molar-refractivity contribution in [1.82, 2.24) is 4.98 Å². The quantitative estimate of drug-likeness (QED) is 0.822. The third-order valence-electron chi connectivity index (χ3n) is 3.05. The maximum atomic E-state index is 12.1. The van der Waals surface area contributed by atoms with Gasteiger partial charge in [-0.25, -0.2) is 4.99 Å². The van der Waals surface area contributed by atoms with Crippen molar-refractivity contribution >= 4 is 35.0 Å². The van der Waals surface area contributed by atoms with Gasteiger partial charge in [-0.3, -0.25) is 4.79 Å². The fraction of sp³-hybridized carbons (Fsp3) is 0.154. The third kappa shape index (κ3) is 1.84. The van der Waals surface area contributed by atoms with Gasteiger partial charge in [-0.2, -0.15) is 0 Å². The zero-order valence-electron chi connectivity index (χ0n) is 10.1. The van der Waals surface area contributed by atoms with Crippen molar-refractivity contribution in [3.05, 3.63) is 43.2 Å². The molecule has 0 bridgehead atoms. The van der Waals surface area contributed by atoms with Crippen LogP contribution < -0.4 is 10.6 Å². The number of aromatic hydroxyl groups is 1. The summed E-state index contributed by atoms with van der Waals surface area (Å²) in [5, 5.41) is 11.3. The Hall–Kier alpha value is -1.79. The number of thiazole rings is 1. The lowest BCUT2D eigenvalue weighted by Crippen LogP contribution is -2.26. The van der Waals surface area contributed by atoms with Crippen LogP contribution >= 0.6 is 23.6 Å². The van der Waals surface area contributed by atoms with Crippen LogP contribution in [-0.2, 0) is 11.2 Å². The van der Waals surface area contributed by atoms with E-state index >= 15 is 0 Å². The molecule has 0 saturated carbocycles. The predicted molar refractivity (Wildman–Crippen MR) is 75.3 cm³/mol. The molecule has 0 saturated heterocycles. The normalized spacial score (nSPS) is 13.5. The molecule has 0 spiro atoms. The van der Waals surface area contributed by atoms with Crippen LogP contribution in [0.5, 0.6) is 5.88 Å². The molecule has 2 heterocycles. The fourth-order valence-electron chi connectivity index (χ4n) is 2.19. The number of nitrogens with one attached hydrogen (secondary N) is 1.